The Kier molecular flexibility index (Phi) is 3.89. The van der Waals surface area contributed by atoms with Crippen LogP contribution in [-0.2, 0) is 0 Å². The standard InChI is InChI=1S/C30H20/c1-2-10-21(11-3-1)28-20-29(27-17-9-8-16-26(27)28)30-24-14-6-4-12-22(24)18-19-23-13-5-7-15-25(23)30/h1-20H. The Morgan fingerprint density at radius 2 is 0.900 bits per heavy atom. The summed E-state index contributed by atoms with van der Waals surface area (Å²) in [6, 6.07) is 36.9. The normalized spacial score (nSPS) is 13.9. The minimum Gasteiger partial charge on any atom is -0.0622 e. The Hall–Kier alpha value is -3.90. The third kappa shape index (κ3) is 2.62. The molecule has 4 aromatic rings. The van der Waals surface area contributed by atoms with Crippen LogP contribution in [-0.4, -0.2) is 0 Å². The summed E-state index contributed by atoms with van der Waals surface area (Å²) in [5, 5.41) is 0. The number of benzene rings is 4. The summed E-state index contributed by atoms with van der Waals surface area (Å²) >= 11 is 0. The minimum absolute atomic E-state index is 1.26. The van der Waals surface area contributed by atoms with Crippen molar-refractivity contribution in [3.63, 3.8) is 0 Å². The van der Waals surface area contributed by atoms with E-state index in [1.165, 1.54) is 55.7 Å². The monoisotopic (exact) mass is 380 g/mol. The maximum atomic E-state index is 2.38. The largest absolute Gasteiger partial charge is 0.0622 e. The first kappa shape index (κ1) is 17.0. The lowest BCUT2D eigenvalue weighted by Crippen LogP contribution is -1.95. The van der Waals surface area contributed by atoms with Crippen molar-refractivity contribution in [3.05, 3.63) is 148 Å². The Morgan fingerprint density at radius 3 is 1.53 bits per heavy atom. The minimum atomic E-state index is 1.26. The zero-order valence-electron chi connectivity index (χ0n) is 16.5. The van der Waals surface area contributed by atoms with Crippen LogP contribution in [0.15, 0.2) is 109 Å². The van der Waals surface area contributed by atoms with Gasteiger partial charge in [-0.15, -0.1) is 0 Å². The van der Waals surface area contributed by atoms with E-state index in [9.17, 15) is 0 Å². The molecule has 0 saturated carbocycles. The fraction of sp³-hybridized carbons (Fsp3) is 0. The number of hydrogen-bond acceptors (Lipinski definition) is 0. The molecule has 0 aromatic heterocycles. The average molecular weight is 380 g/mol. The maximum absolute atomic E-state index is 2.38. The smallest absolute Gasteiger partial charge is 0.00204 e. The van der Waals surface area contributed by atoms with Crippen molar-refractivity contribution in [1.82, 2.24) is 0 Å². The predicted octanol–water partition coefficient (Wildman–Crippen LogP) is 7.57. The number of hydrogen-bond donors (Lipinski definition) is 0. The van der Waals surface area contributed by atoms with Gasteiger partial charge in [0.1, 0.15) is 0 Å². The van der Waals surface area contributed by atoms with Crippen LogP contribution in [0.4, 0.5) is 0 Å². The second kappa shape index (κ2) is 6.86. The van der Waals surface area contributed by atoms with Gasteiger partial charge in [-0.2, -0.15) is 0 Å². The molecule has 0 fully saturated rings. The van der Waals surface area contributed by atoms with Gasteiger partial charge in [0.2, 0.25) is 0 Å². The highest BCUT2D eigenvalue weighted by atomic mass is 14.3. The lowest BCUT2D eigenvalue weighted by molar-refractivity contribution is 1.52. The first-order valence-electron chi connectivity index (χ1n) is 10.4. The predicted molar refractivity (Wildman–Crippen MR) is 128 cm³/mol. The molecule has 0 saturated heterocycles. The van der Waals surface area contributed by atoms with Crippen LogP contribution >= 0.6 is 0 Å². The highest BCUT2D eigenvalue weighted by molar-refractivity contribution is 6.14. The van der Waals surface area contributed by atoms with E-state index in [0.29, 0.717) is 0 Å². The van der Waals surface area contributed by atoms with Gasteiger partial charge < -0.3 is 0 Å². The Bertz CT molecular complexity index is 1310. The Morgan fingerprint density at radius 1 is 0.400 bits per heavy atom. The summed E-state index contributed by atoms with van der Waals surface area (Å²) in [5.74, 6) is 0. The Balaban J connectivity index is 1.73. The average Bonchev–Trinajstić information content (AvgIpc) is 3.11. The first-order chi connectivity index (χ1) is 14.9. The Labute approximate surface area is 177 Å². The third-order valence-corrected chi connectivity index (χ3v) is 6.05. The molecule has 0 N–H and O–H groups in total. The zero-order valence-corrected chi connectivity index (χ0v) is 16.5. The van der Waals surface area contributed by atoms with Crippen molar-refractivity contribution in [2.45, 2.75) is 0 Å². The molecule has 0 nitrogen and oxygen atoms in total. The van der Waals surface area contributed by atoms with Gasteiger partial charge in [0.05, 0.1) is 0 Å². The van der Waals surface area contributed by atoms with Crippen molar-refractivity contribution < 1.29 is 0 Å². The molecule has 4 aromatic carbocycles. The van der Waals surface area contributed by atoms with Crippen LogP contribution in [0.25, 0.3) is 28.9 Å². The molecular formula is C30H20. The lowest BCUT2D eigenvalue weighted by atomic mass is 9.87. The van der Waals surface area contributed by atoms with E-state index in [4.69, 9.17) is 0 Å². The first-order valence-corrected chi connectivity index (χ1v) is 10.4. The molecule has 0 aliphatic heterocycles. The number of rotatable bonds is 1. The molecule has 30 heavy (non-hydrogen) atoms. The summed E-state index contributed by atoms with van der Waals surface area (Å²) in [4.78, 5) is 0. The quantitative estimate of drug-likeness (QED) is 0.281. The van der Waals surface area contributed by atoms with E-state index in [1.807, 2.05) is 0 Å². The summed E-state index contributed by atoms with van der Waals surface area (Å²) < 4.78 is 0. The third-order valence-electron chi connectivity index (χ3n) is 6.05. The van der Waals surface area contributed by atoms with Gasteiger partial charge >= 0.3 is 0 Å². The summed E-state index contributed by atoms with van der Waals surface area (Å²) in [6.07, 6.45) is 6.86. The van der Waals surface area contributed by atoms with Gasteiger partial charge in [-0.25, -0.2) is 0 Å². The van der Waals surface area contributed by atoms with E-state index in [-0.39, 0.29) is 0 Å². The van der Waals surface area contributed by atoms with E-state index >= 15 is 0 Å². The van der Waals surface area contributed by atoms with Crippen molar-refractivity contribution in [2.75, 3.05) is 0 Å². The molecular weight excluding hydrogens is 360 g/mol. The van der Waals surface area contributed by atoms with Gasteiger partial charge in [0, 0.05) is 0 Å². The van der Waals surface area contributed by atoms with Crippen LogP contribution in [0, 0.1) is 0 Å². The van der Waals surface area contributed by atoms with Crippen LogP contribution in [0.2, 0.25) is 0 Å². The van der Waals surface area contributed by atoms with Crippen LogP contribution in [0.3, 0.4) is 0 Å². The molecule has 0 heteroatoms. The zero-order chi connectivity index (χ0) is 19.9. The van der Waals surface area contributed by atoms with Gasteiger partial charge in [0.25, 0.3) is 0 Å². The molecule has 0 bridgehead atoms. The molecule has 0 radical (unpaired) electrons. The number of allylic oxidation sites excluding steroid dienone is 2. The molecule has 2 aliphatic carbocycles. The van der Waals surface area contributed by atoms with Gasteiger partial charge in [-0.3, -0.25) is 0 Å². The molecule has 0 atom stereocenters. The molecule has 0 spiro atoms. The van der Waals surface area contributed by atoms with Gasteiger partial charge in [-0.1, -0.05) is 115 Å². The van der Waals surface area contributed by atoms with Crippen molar-refractivity contribution in [1.29, 1.82) is 0 Å². The number of fused-ring (bicyclic) bond motifs is 3. The second-order valence-electron chi connectivity index (χ2n) is 7.77. The molecule has 140 valence electrons. The van der Waals surface area contributed by atoms with Crippen LogP contribution < -0.4 is 0 Å². The SMILES string of the molecule is C1=Cc2ccccc2C(=C2C=C(c3ccccc3)c3ccccc32)c2ccccc21. The fourth-order valence-corrected chi connectivity index (χ4v) is 4.67. The molecule has 0 amide bonds. The van der Waals surface area contributed by atoms with Crippen LogP contribution in [0.5, 0.6) is 0 Å². The lowest BCUT2D eigenvalue weighted by Gasteiger charge is -2.15. The highest BCUT2D eigenvalue weighted by Crippen LogP contribution is 2.46. The summed E-state index contributed by atoms with van der Waals surface area (Å²) in [6.45, 7) is 0. The van der Waals surface area contributed by atoms with Crippen LogP contribution in [0.1, 0.15) is 38.9 Å². The maximum Gasteiger partial charge on any atom is -0.00204 e. The highest BCUT2D eigenvalue weighted by Gasteiger charge is 2.25. The van der Waals surface area contributed by atoms with Gasteiger partial charge in [-0.05, 0) is 61.7 Å². The summed E-state index contributed by atoms with van der Waals surface area (Å²) in [5.41, 5.74) is 12.9. The molecule has 6 rings (SSSR count). The van der Waals surface area contributed by atoms with Crippen molar-refractivity contribution >= 4 is 28.9 Å². The molecule has 0 heterocycles. The van der Waals surface area contributed by atoms with E-state index in [2.05, 4.69) is 121 Å². The van der Waals surface area contributed by atoms with Gasteiger partial charge in [0.15, 0.2) is 0 Å². The van der Waals surface area contributed by atoms with E-state index in [0.717, 1.165) is 0 Å². The van der Waals surface area contributed by atoms with Crippen molar-refractivity contribution in [3.8, 4) is 0 Å². The summed E-state index contributed by atoms with van der Waals surface area (Å²) in [7, 11) is 0. The molecule has 0 unspecified atom stereocenters. The van der Waals surface area contributed by atoms with E-state index < -0.39 is 0 Å². The van der Waals surface area contributed by atoms with Crippen molar-refractivity contribution in [2.24, 2.45) is 0 Å². The molecule has 2 aliphatic rings. The second-order valence-corrected chi connectivity index (χ2v) is 7.77. The fourth-order valence-electron chi connectivity index (χ4n) is 4.67. The topological polar surface area (TPSA) is 0 Å². The van der Waals surface area contributed by atoms with E-state index in [1.54, 1.807) is 0 Å².